The first-order valence-corrected chi connectivity index (χ1v) is 13.6. The monoisotopic (exact) mass is 608 g/mol. The van der Waals surface area contributed by atoms with E-state index in [1.165, 1.54) is 22.3 Å². The third kappa shape index (κ3) is 8.41. The molecule has 0 bridgehead atoms. The van der Waals surface area contributed by atoms with Gasteiger partial charge in [0.05, 0.1) is 0 Å². The van der Waals surface area contributed by atoms with Crippen molar-refractivity contribution in [3.05, 3.63) is 67.6 Å². The molecule has 3 rings (SSSR count). The number of benzene rings is 2. The van der Waals surface area contributed by atoms with Crippen LogP contribution in [0.15, 0.2) is 45.3 Å². The largest absolute Gasteiger partial charge is 0.480 e. The van der Waals surface area contributed by atoms with E-state index in [0.717, 1.165) is 47.8 Å². The summed E-state index contributed by atoms with van der Waals surface area (Å²) in [4.78, 5) is 24.6. The molecule has 0 spiro atoms. The second-order valence-corrected chi connectivity index (χ2v) is 11.0. The molecular weight excluding hydrogens is 576 g/mol. The summed E-state index contributed by atoms with van der Waals surface area (Å²) in [5.41, 5.74) is 5.19. The first kappa shape index (κ1) is 27.8. The van der Waals surface area contributed by atoms with Crippen LogP contribution in [0.2, 0.25) is 0 Å². The number of rotatable bonds is 11. The van der Waals surface area contributed by atoms with Crippen LogP contribution in [0.3, 0.4) is 0 Å². The minimum absolute atomic E-state index is 0.219. The predicted molar refractivity (Wildman–Crippen MR) is 145 cm³/mol. The molecule has 8 heteroatoms. The lowest BCUT2D eigenvalue weighted by Gasteiger charge is -2.37. The molecule has 0 atom stereocenters. The SMILES string of the molecule is Cc1ccc(C(c2ccc(C)c(Br)c2)C2CCN(CCCNC(=O)COCC(=O)O)CC2)cc1Br. The molecule has 1 saturated heterocycles. The normalized spacial score (nSPS) is 14.9. The number of piperidine rings is 1. The van der Waals surface area contributed by atoms with Gasteiger partial charge >= 0.3 is 5.97 Å². The number of hydrogen-bond donors (Lipinski definition) is 2. The first-order chi connectivity index (χ1) is 16.7. The van der Waals surface area contributed by atoms with E-state index >= 15 is 0 Å². The minimum Gasteiger partial charge on any atom is -0.480 e. The van der Waals surface area contributed by atoms with Gasteiger partial charge in [-0.3, -0.25) is 4.79 Å². The van der Waals surface area contributed by atoms with E-state index in [9.17, 15) is 9.59 Å². The van der Waals surface area contributed by atoms with Crippen molar-refractivity contribution in [3.63, 3.8) is 0 Å². The van der Waals surface area contributed by atoms with Gasteiger partial charge in [-0.1, -0.05) is 56.1 Å². The van der Waals surface area contributed by atoms with Gasteiger partial charge < -0.3 is 20.1 Å². The van der Waals surface area contributed by atoms with E-state index in [0.29, 0.717) is 18.4 Å². The van der Waals surface area contributed by atoms with E-state index in [-0.39, 0.29) is 12.5 Å². The van der Waals surface area contributed by atoms with Crippen molar-refractivity contribution in [2.45, 2.75) is 39.0 Å². The number of carbonyl (C=O) groups excluding carboxylic acids is 1. The van der Waals surface area contributed by atoms with Crippen LogP contribution < -0.4 is 5.32 Å². The summed E-state index contributed by atoms with van der Waals surface area (Å²) < 4.78 is 7.11. The van der Waals surface area contributed by atoms with Crippen molar-refractivity contribution in [3.8, 4) is 0 Å². The summed E-state index contributed by atoms with van der Waals surface area (Å²) in [7, 11) is 0. The van der Waals surface area contributed by atoms with Gasteiger partial charge in [0.15, 0.2) is 0 Å². The second-order valence-electron chi connectivity index (χ2n) is 9.26. The van der Waals surface area contributed by atoms with Gasteiger partial charge in [0.1, 0.15) is 13.2 Å². The molecule has 35 heavy (non-hydrogen) atoms. The Morgan fingerprint density at radius 1 is 1.03 bits per heavy atom. The Morgan fingerprint density at radius 2 is 1.60 bits per heavy atom. The molecule has 1 aliphatic heterocycles. The molecular formula is C27H34Br2N2O4. The lowest BCUT2D eigenvalue weighted by atomic mass is 9.76. The van der Waals surface area contributed by atoms with Crippen LogP contribution in [0.1, 0.15) is 47.4 Å². The number of likely N-dealkylation sites (tertiary alicyclic amines) is 1. The molecule has 1 aliphatic rings. The fraction of sp³-hybridized carbons (Fsp3) is 0.481. The lowest BCUT2D eigenvalue weighted by molar-refractivity contribution is -0.143. The number of carboxylic acid groups (broad SMARTS) is 1. The summed E-state index contributed by atoms with van der Waals surface area (Å²) in [5, 5.41) is 11.3. The number of carboxylic acids is 1. The number of hydrogen-bond acceptors (Lipinski definition) is 4. The number of halogens is 2. The summed E-state index contributed by atoms with van der Waals surface area (Å²) in [6, 6.07) is 13.5. The third-order valence-corrected chi connectivity index (χ3v) is 8.35. The van der Waals surface area contributed by atoms with E-state index in [4.69, 9.17) is 9.84 Å². The maximum atomic E-state index is 11.7. The van der Waals surface area contributed by atoms with Gasteiger partial charge in [-0.25, -0.2) is 4.79 Å². The summed E-state index contributed by atoms with van der Waals surface area (Å²) in [6.45, 7) is 7.14. The van der Waals surface area contributed by atoms with Crippen molar-refractivity contribution in [2.75, 3.05) is 39.4 Å². The lowest BCUT2D eigenvalue weighted by Crippen LogP contribution is -2.38. The molecule has 0 radical (unpaired) electrons. The molecule has 0 aromatic heterocycles. The van der Waals surface area contributed by atoms with Crippen LogP contribution in [0.5, 0.6) is 0 Å². The average Bonchev–Trinajstić information content (AvgIpc) is 2.82. The Hall–Kier alpha value is -1.74. The quantitative estimate of drug-likeness (QED) is 0.339. The smallest absolute Gasteiger partial charge is 0.329 e. The Morgan fingerprint density at radius 3 is 2.11 bits per heavy atom. The molecule has 1 heterocycles. The van der Waals surface area contributed by atoms with Crippen molar-refractivity contribution in [2.24, 2.45) is 5.92 Å². The number of aryl methyl sites for hydroxylation is 2. The molecule has 6 nitrogen and oxygen atoms in total. The van der Waals surface area contributed by atoms with Crippen LogP contribution in [-0.2, 0) is 14.3 Å². The van der Waals surface area contributed by atoms with Gasteiger partial charge in [0, 0.05) is 21.4 Å². The van der Waals surface area contributed by atoms with Gasteiger partial charge in [-0.2, -0.15) is 0 Å². The average molecular weight is 610 g/mol. The van der Waals surface area contributed by atoms with Crippen LogP contribution in [0, 0.1) is 19.8 Å². The van der Waals surface area contributed by atoms with Crippen molar-refractivity contribution in [1.82, 2.24) is 10.2 Å². The molecule has 0 saturated carbocycles. The minimum atomic E-state index is -1.08. The van der Waals surface area contributed by atoms with E-state index in [2.05, 4.69) is 92.3 Å². The van der Waals surface area contributed by atoms with Crippen molar-refractivity contribution in [1.29, 1.82) is 0 Å². The topological polar surface area (TPSA) is 78.9 Å². The molecule has 2 aromatic carbocycles. The zero-order chi connectivity index (χ0) is 25.4. The maximum absolute atomic E-state index is 11.7. The highest BCUT2D eigenvalue weighted by atomic mass is 79.9. The fourth-order valence-electron chi connectivity index (χ4n) is 4.66. The Bertz CT molecular complexity index is 971. The van der Waals surface area contributed by atoms with E-state index in [1.54, 1.807) is 0 Å². The third-order valence-electron chi connectivity index (χ3n) is 6.65. The molecule has 2 N–H and O–H groups in total. The Balaban J connectivity index is 1.55. The standard InChI is InChI=1S/C27H34Br2N2O4/c1-18-4-6-21(14-23(18)28)27(22-7-5-19(2)24(29)15-22)20-8-12-31(13-9-20)11-3-10-30-25(32)16-35-17-26(33)34/h4-7,14-15,20,27H,3,8-13,16-17H2,1-2H3,(H,30,32)(H,33,34). The highest BCUT2D eigenvalue weighted by Crippen LogP contribution is 2.40. The molecule has 2 aromatic rings. The number of ether oxygens (including phenoxy) is 1. The number of nitrogens with zero attached hydrogens (tertiary/aromatic N) is 1. The molecule has 0 aliphatic carbocycles. The fourth-order valence-corrected chi connectivity index (χ4v) is 5.46. The second kappa shape index (κ2) is 13.5. The van der Waals surface area contributed by atoms with E-state index < -0.39 is 12.6 Å². The summed E-state index contributed by atoms with van der Waals surface area (Å²) in [5.74, 6) is -0.452. The number of carbonyl (C=O) groups is 2. The molecule has 1 amide bonds. The van der Waals surface area contributed by atoms with Gasteiger partial charge in [-0.15, -0.1) is 0 Å². The first-order valence-electron chi connectivity index (χ1n) is 12.0. The van der Waals surface area contributed by atoms with Crippen molar-refractivity contribution >= 4 is 43.7 Å². The van der Waals surface area contributed by atoms with Gasteiger partial charge in [0.2, 0.25) is 5.91 Å². The van der Waals surface area contributed by atoms with Gasteiger partial charge in [-0.05, 0) is 93.0 Å². The van der Waals surface area contributed by atoms with E-state index in [1.807, 2.05) is 0 Å². The van der Waals surface area contributed by atoms with Crippen LogP contribution in [0.4, 0.5) is 0 Å². The highest BCUT2D eigenvalue weighted by molar-refractivity contribution is 9.10. The maximum Gasteiger partial charge on any atom is 0.329 e. The number of nitrogens with one attached hydrogen (secondary N) is 1. The number of aliphatic carboxylic acids is 1. The van der Waals surface area contributed by atoms with Crippen LogP contribution >= 0.6 is 31.9 Å². The predicted octanol–water partition coefficient (Wildman–Crippen LogP) is 5.28. The Kier molecular flexibility index (Phi) is 10.8. The van der Waals surface area contributed by atoms with Crippen LogP contribution in [-0.4, -0.2) is 61.3 Å². The number of amides is 1. The molecule has 1 fully saturated rings. The Labute approximate surface area is 224 Å². The van der Waals surface area contributed by atoms with Crippen molar-refractivity contribution < 1.29 is 19.4 Å². The summed E-state index contributed by atoms with van der Waals surface area (Å²) in [6.07, 6.45) is 3.10. The van der Waals surface area contributed by atoms with Crippen LogP contribution in [0.25, 0.3) is 0 Å². The zero-order valence-corrected chi connectivity index (χ0v) is 23.5. The van der Waals surface area contributed by atoms with Gasteiger partial charge in [0.25, 0.3) is 0 Å². The molecule has 0 unspecified atom stereocenters. The summed E-state index contributed by atoms with van der Waals surface area (Å²) >= 11 is 7.46. The molecule has 190 valence electrons. The highest BCUT2D eigenvalue weighted by Gasteiger charge is 2.29. The zero-order valence-electron chi connectivity index (χ0n) is 20.4.